The maximum Gasteiger partial charge on any atom is 0.305 e. The Morgan fingerprint density at radius 3 is 1.29 bits per heavy atom. The van der Waals surface area contributed by atoms with Crippen LogP contribution in [0, 0.1) is 13.8 Å². The lowest BCUT2D eigenvalue weighted by atomic mass is 10.2. The van der Waals surface area contributed by atoms with Crippen molar-refractivity contribution in [3.05, 3.63) is 89.4 Å². The first-order valence-corrected chi connectivity index (χ1v) is 23.8. The molecule has 4 aliphatic rings. The molecule has 2 amide bonds. The van der Waals surface area contributed by atoms with Gasteiger partial charge in [-0.05, 0) is 63.4 Å². The number of thiocarbonyl (C=S) groups is 2. The number of aryl methyl sites for hydroxylation is 2. The highest BCUT2D eigenvalue weighted by molar-refractivity contribution is 8.27. The van der Waals surface area contributed by atoms with Crippen LogP contribution in [-0.2, 0) is 24.0 Å². The molecular formula is C44H50N10O10S4. The summed E-state index contributed by atoms with van der Waals surface area (Å²) in [5.74, 6) is -2.53. The van der Waals surface area contributed by atoms with Crippen LogP contribution >= 0.6 is 48.0 Å². The second kappa shape index (κ2) is 22.4. The van der Waals surface area contributed by atoms with Gasteiger partial charge in [-0.1, -0.05) is 60.1 Å². The second-order valence-corrected chi connectivity index (χ2v) is 19.5. The average Bonchev–Trinajstić information content (AvgIpc) is 3.71. The largest absolute Gasteiger partial charge is 0.481 e. The van der Waals surface area contributed by atoms with Crippen LogP contribution in [0.1, 0.15) is 42.0 Å². The number of pyridine rings is 2. The van der Waals surface area contributed by atoms with Gasteiger partial charge in [0.2, 0.25) is 0 Å². The van der Waals surface area contributed by atoms with E-state index in [-0.39, 0.29) is 57.5 Å². The van der Waals surface area contributed by atoms with Gasteiger partial charge in [0.1, 0.15) is 31.6 Å². The van der Waals surface area contributed by atoms with Crippen molar-refractivity contribution < 1.29 is 39.3 Å². The maximum atomic E-state index is 13.5. The van der Waals surface area contributed by atoms with Gasteiger partial charge in [0, 0.05) is 84.8 Å². The summed E-state index contributed by atoms with van der Waals surface area (Å²) in [5, 5.41) is 25.3. The lowest BCUT2D eigenvalue weighted by Gasteiger charge is -2.34. The van der Waals surface area contributed by atoms with Crippen LogP contribution in [0.15, 0.2) is 56.1 Å². The van der Waals surface area contributed by atoms with Crippen LogP contribution in [-0.4, -0.2) is 172 Å². The number of aromatic nitrogens is 4. The number of piperazine rings is 2. The number of hydrogen-bond acceptors (Lipinski definition) is 17. The van der Waals surface area contributed by atoms with Gasteiger partial charge in [-0.2, -0.15) is 0 Å². The summed E-state index contributed by atoms with van der Waals surface area (Å²) in [7, 11) is 4.10. The molecule has 4 aromatic heterocycles. The Morgan fingerprint density at radius 2 is 0.971 bits per heavy atom. The Bertz CT molecular complexity index is 2700. The number of aliphatic carboxylic acids is 3. The van der Waals surface area contributed by atoms with Gasteiger partial charge in [-0.15, -0.1) is 0 Å². The normalized spacial score (nSPS) is 18.1. The highest BCUT2D eigenvalue weighted by atomic mass is 32.2. The third-order valence-electron chi connectivity index (χ3n) is 11.1. The van der Waals surface area contributed by atoms with E-state index in [9.17, 15) is 28.8 Å². The minimum absolute atomic E-state index is 0.00317. The molecular weight excluding hydrogens is 957 g/mol. The van der Waals surface area contributed by atoms with Crippen molar-refractivity contribution in [3.8, 4) is 0 Å². The summed E-state index contributed by atoms with van der Waals surface area (Å²) in [4.78, 5) is 105. The van der Waals surface area contributed by atoms with Crippen molar-refractivity contribution in [1.29, 1.82) is 0 Å². The van der Waals surface area contributed by atoms with E-state index in [0.717, 1.165) is 67.8 Å². The number of fused-ring (bicyclic) bond motifs is 2. The zero-order valence-electron chi connectivity index (χ0n) is 37.9. The second-order valence-electron chi connectivity index (χ2n) is 16.1. The third kappa shape index (κ3) is 12.0. The number of hydrogen-bond donors (Lipinski definition) is 3. The number of rotatable bonds is 10. The molecule has 0 unspecified atom stereocenters. The minimum atomic E-state index is -1.01. The fourth-order valence-electron chi connectivity index (χ4n) is 7.43. The summed E-state index contributed by atoms with van der Waals surface area (Å²) < 4.78 is 3.55. The molecule has 3 N–H and O–H groups in total. The van der Waals surface area contributed by atoms with Gasteiger partial charge in [-0.3, -0.25) is 52.2 Å². The molecule has 4 saturated heterocycles. The van der Waals surface area contributed by atoms with E-state index >= 15 is 0 Å². The molecule has 0 atom stereocenters. The SMILES string of the molecule is CC(=O)O.Cc1cccn2c(=O)c(/C=C3\SC(=S)N(CCC(=O)O)C3=O)c(N3CCN(C)CC3)nc12.Cc1cccn2c(=O)c(/C=C3\SC(=S)N(CCC(=O)O)C3=O)c(N3CCN(C)CC3)nc12. The predicted octanol–water partition coefficient (Wildman–Crippen LogP) is 2.95. The van der Waals surface area contributed by atoms with Gasteiger partial charge in [0.25, 0.3) is 28.9 Å². The van der Waals surface area contributed by atoms with Crippen molar-refractivity contribution in [2.75, 3.05) is 89.3 Å². The molecule has 0 aliphatic carbocycles. The van der Waals surface area contributed by atoms with Gasteiger partial charge < -0.3 is 34.9 Å². The van der Waals surface area contributed by atoms with Crippen LogP contribution in [0.25, 0.3) is 23.4 Å². The molecule has 0 bridgehead atoms. The smallest absolute Gasteiger partial charge is 0.305 e. The summed E-state index contributed by atoms with van der Waals surface area (Å²) >= 11 is 12.7. The molecule has 0 radical (unpaired) electrons. The van der Waals surface area contributed by atoms with E-state index in [1.807, 2.05) is 40.1 Å². The predicted molar refractivity (Wildman–Crippen MR) is 269 cm³/mol. The van der Waals surface area contributed by atoms with Gasteiger partial charge in [0.05, 0.1) is 33.8 Å². The van der Waals surface area contributed by atoms with E-state index in [1.165, 1.54) is 18.6 Å². The number of amides is 2. The van der Waals surface area contributed by atoms with E-state index in [4.69, 9.17) is 54.5 Å². The Balaban J connectivity index is 0.000000208. The molecule has 20 nitrogen and oxygen atoms in total. The first kappa shape index (κ1) is 51.3. The Kier molecular flexibility index (Phi) is 16.9. The number of likely N-dealkylation sites (N-methyl/N-ethyl adjacent to an activating group) is 2. The van der Waals surface area contributed by atoms with E-state index in [2.05, 4.69) is 19.6 Å². The van der Waals surface area contributed by atoms with E-state index < -0.39 is 17.9 Å². The molecule has 8 heterocycles. The van der Waals surface area contributed by atoms with Crippen LogP contribution < -0.4 is 20.9 Å². The first-order chi connectivity index (χ1) is 32.2. The fourth-order valence-corrected chi connectivity index (χ4v) is 10.0. The van der Waals surface area contributed by atoms with Gasteiger partial charge in [-0.25, -0.2) is 9.97 Å². The van der Waals surface area contributed by atoms with Crippen molar-refractivity contribution in [2.24, 2.45) is 0 Å². The molecule has 68 heavy (non-hydrogen) atoms. The monoisotopic (exact) mass is 1010 g/mol. The molecule has 0 spiro atoms. The lowest BCUT2D eigenvalue weighted by Crippen LogP contribution is -2.45. The van der Waals surface area contributed by atoms with Gasteiger partial charge in [0.15, 0.2) is 0 Å². The zero-order chi connectivity index (χ0) is 49.6. The van der Waals surface area contributed by atoms with E-state index in [0.29, 0.717) is 70.0 Å². The van der Waals surface area contributed by atoms with Crippen LogP contribution in [0.2, 0.25) is 0 Å². The first-order valence-electron chi connectivity index (χ1n) is 21.3. The zero-order valence-corrected chi connectivity index (χ0v) is 41.2. The molecule has 4 aliphatic heterocycles. The van der Waals surface area contributed by atoms with Crippen molar-refractivity contribution >= 4 is 121 Å². The van der Waals surface area contributed by atoms with E-state index in [1.54, 1.807) is 36.7 Å². The van der Waals surface area contributed by atoms with Crippen molar-refractivity contribution in [3.63, 3.8) is 0 Å². The highest BCUT2D eigenvalue weighted by Crippen LogP contribution is 2.35. The van der Waals surface area contributed by atoms with Crippen molar-refractivity contribution in [2.45, 2.75) is 33.6 Å². The number of carbonyl (C=O) groups excluding carboxylic acids is 2. The Morgan fingerprint density at radius 1 is 0.632 bits per heavy atom. The number of carboxylic acids is 3. The quantitative estimate of drug-likeness (QED) is 0.153. The summed E-state index contributed by atoms with van der Waals surface area (Å²) in [5.41, 5.74) is 3.06. The van der Waals surface area contributed by atoms with Gasteiger partial charge >= 0.3 is 11.9 Å². The lowest BCUT2D eigenvalue weighted by molar-refractivity contribution is -0.138. The summed E-state index contributed by atoms with van der Waals surface area (Å²) in [6.45, 7) is 11.1. The summed E-state index contributed by atoms with van der Waals surface area (Å²) in [6, 6.07) is 7.39. The average molecular weight is 1010 g/mol. The number of nitrogens with zero attached hydrogens (tertiary/aromatic N) is 10. The number of carboxylic acid groups (broad SMARTS) is 3. The number of carbonyl (C=O) groups is 5. The minimum Gasteiger partial charge on any atom is -0.481 e. The topological polar surface area (TPSA) is 234 Å². The summed E-state index contributed by atoms with van der Waals surface area (Å²) in [6.07, 6.45) is 6.04. The van der Waals surface area contributed by atoms with Crippen LogP contribution in [0.4, 0.5) is 11.6 Å². The molecule has 4 aromatic rings. The molecule has 24 heteroatoms. The molecule has 0 aromatic carbocycles. The third-order valence-corrected chi connectivity index (χ3v) is 13.9. The molecule has 360 valence electrons. The number of anilines is 2. The standard InChI is InChI=1S/2C21H23N5O4S2.C2H4O2/c2*1-13-4-3-6-25-17(13)22-18(24-10-8-23(2)9-11-24)14(19(25)29)12-15-20(30)26(21(31)32-15)7-5-16(27)28;1-2(3)4/h2*3-4,6,12H,5,7-11H2,1-2H3,(H,27,28);1H3,(H,3,4)/b2*15-12-;. The van der Waals surface area contributed by atoms with Crippen LogP contribution in [0.5, 0.6) is 0 Å². The fraction of sp³-hybridized carbons (Fsp3) is 0.386. The Hall–Kier alpha value is -6.05. The highest BCUT2D eigenvalue weighted by Gasteiger charge is 2.35. The molecule has 0 saturated carbocycles. The molecule has 8 rings (SSSR count). The number of thioether (sulfide) groups is 2. The molecule has 4 fully saturated rings. The van der Waals surface area contributed by atoms with Crippen molar-refractivity contribution in [1.82, 2.24) is 38.4 Å². The maximum absolute atomic E-state index is 13.5. The van der Waals surface area contributed by atoms with Crippen LogP contribution in [0.3, 0.4) is 0 Å². The Labute approximate surface area is 409 Å².